The lowest BCUT2D eigenvalue weighted by atomic mass is 10.2. The van der Waals surface area contributed by atoms with Crippen molar-refractivity contribution in [2.45, 2.75) is 13.8 Å². The molecule has 0 fully saturated rings. The fraction of sp³-hybridized carbons (Fsp3) is 0.286. The van der Waals surface area contributed by atoms with Crippen LogP contribution in [0.3, 0.4) is 0 Å². The fourth-order valence-electron chi connectivity index (χ4n) is 1.51. The quantitative estimate of drug-likeness (QED) is 0.887. The van der Waals surface area contributed by atoms with Gasteiger partial charge in [0.1, 0.15) is 11.4 Å². The van der Waals surface area contributed by atoms with E-state index in [4.69, 9.17) is 10.5 Å². The van der Waals surface area contributed by atoms with Gasteiger partial charge in [-0.05, 0) is 18.1 Å². The van der Waals surface area contributed by atoms with Crippen molar-refractivity contribution in [3.8, 4) is 5.75 Å². The number of nitrogens with one attached hydrogen (secondary N) is 1. The van der Waals surface area contributed by atoms with Gasteiger partial charge in [-0.15, -0.1) is 11.3 Å². The number of thiazole rings is 1. The van der Waals surface area contributed by atoms with E-state index in [0.29, 0.717) is 29.0 Å². The van der Waals surface area contributed by atoms with E-state index < -0.39 is 0 Å². The Kier molecular flexibility index (Phi) is 4.57. The van der Waals surface area contributed by atoms with Crippen LogP contribution in [0.4, 0.5) is 10.8 Å². The number of carbonyl (C=O) groups excluding carboxylic acids is 1. The van der Waals surface area contributed by atoms with Crippen molar-refractivity contribution < 1.29 is 9.53 Å². The maximum atomic E-state index is 11.9. The lowest BCUT2D eigenvalue weighted by Gasteiger charge is -2.10. The Morgan fingerprint density at radius 1 is 1.50 bits per heavy atom. The lowest BCUT2D eigenvalue weighted by molar-refractivity contribution is 0.102. The van der Waals surface area contributed by atoms with Gasteiger partial charge >= 0.3 is 0 Å². The van der Waals surface area contributed by atoms with E-state index >= 15 is 0 Å². The molecule has 1 aromatic heterocycles. The summed E-state index contributed by atoms with van der Waals surface area (Å²) in [5, 5.41) is 4.78. The molecule has 0 saturated carbocycles. The first-order valence-corrected chi connectivity index (χ1v) is 7.18. The first kappa shape index (κ1) is 14.3. The van der Waals surface area contributed by atoms with Crippen LogP contribution >= 0.6 is 11.3 Å². The maximum absolute atomic E-state index is 11.9. The molecular formula is C14H17N3O2S. The van der Waals surface area contributed by atoms with Crippen molar-refractivity contribution >= 4 is 28.1 Å². The van der Waals surface area contributed by atoms with E-state index in [9.17, 15) is 4.79 Å². The lowest BCUT2D eigenvalue weighted by Crippen LogP contribution is -2.12. The van der Waals surface area contributed by atoms with E-state index in [1.807, 2.05) is 12.1 Å². The van der Waals surface area contributed by atoms with Gasteiger partial charge in [0.15, 0.2) is 5.13 Å². The number of hydrogen-bond acceptors (Lipinski definition) is 5. The second-order valence-electron chi connectivity index (χ2n) is 4.76. The summed E-state index contributed by atoms with van der Waals surface area (Å²) >= 11 is 1.24. The highest BCUT2D eigenvalue weighted by molar-refractivity contribution is 7.13. The van der Waals surface area contributed by atoms with E-state index in [0.717, 1.165) is 5.75 Å². The van der Waals surface area contributed by atoms with Crippen LogP contribution in [0.5, 0.6) is 5.75 Å². The highest BCUT2D eigenvalue weighted by atomic mass is 32.1. The molecule has 2 rings (SSSR count). The largest absolute Gasteiger partial charge is 0.493 e. The van der Waals surface area contributed by atoms with Gasteiger partial charge in [-0.25, -0.2) is 4.98 Å². The third kappa shape index (κ3) is 3.96. The van der Waals surface area contributed by atoms with Crippen molar-refractivity contribution in [3.05, 3.63) is 35.3 Å². The zero-order chi connectivity index (χ0) is 14.5. The van der Waals surface area contributed by atoms with E-state index in [-0.39, 0.29) is 5.91 Å². The van der Waals surface area contributed by atoms with Gasteiger partial charge < -0.3 is 15.8 Å². The predicted molar refractivity (Wildman–Crippen MR) is 81.3 cm³/mol. The Balaban J connectivity index is 2.02. The zero-order valence-corrected chi connectivity index (χ0v) is 12.2. The summed E-state index contributed by atoms with van der Waals surface area (Å²) in [7, 11) is 0. The summed E-state index contributed by atoms with van der Waals surface area (Å²) in [6.07, 6.45) is 0. The number of rotatable bonds is 5. The Labute approximate surface area is 121 Å². The average molecular weight is 291 g/mol. The molecule has 3 N–H and O–H groups in total. The van der Waals surface area contributed by atoms with Crippen LogP contribution < -0.4 is 15.8 Å². The Morgan fingerprint density at radius 2 is 2.30 bits per heavy atom. The van der Waals surface area contributed by atoms with Crippen molar-refractivity contribution in [2.75, 3.05) is 17.7 Å². The summed E-state index contributed by atoms with van der Waals surface area (Å²) in [6.45, 7) is 4.80. The van der Waals surface area contributed by atoms with Gasteiger partial charge in [-0.3, -0.25) is 4.79 Å². The first-order chi connectivity index (χ1) is 9.54. The molecule has 5 nitrogen and oxygen atoms in total. The summed E-state index contributed by atoms with van der Waals surface area (Å²) in [5.41, 5.74) is 6.50. The van der Waals surface area contributed by atoms with Gasteiger partial charge in [-0.1, -0.05) is 19.9 Å². The molecule has 0 unspecified atom stereocenters. The number of nitrogen functional groups attached to an aromatic ring is 1. The van der Waals surface area contributed by atoms with E-state index in [1.165, 1.54) is 11.3 Å². The van der Waals surface area contributed by atoms with Crippen LogP contribution in [0.1, 0.15) is 24.3 Å². The number of aromatic nitrogens is 1. The van der Waals surface area contributed by atoms with Crippen molar-refractivity contribution in [3.63, 3.8) is 0 Å². The number of nitrogens with two attached hydrogens (primary N) is 1. The fourth-order valence-corrected chi connectivity index (χ4v) is 2.06. The van der Waals surface area contributed by atoms with Crippen LogP contribution in [0.15, 0.2) is 29.6 Å². The summed E-state index contributed by atoms with van der Waals surface area (Å²) in [6, 6.07) is 7.28. The molecule has 1 amide bonds. The van der Waals surface area contributed by atoms with Crippen molar-refractivity contribution in [2.24, 2.45) is 5.92 Å². The molecule has 0 radical (unpaired) electrons. The zero-order valence-electron chi connectivity index (χ0n) is 11.4. The second kappa shape index (κ2) is 6.38. The standard InChI is InChI=1S/C14H17N3O2S/c1-9(2)7-19-11-5-3-4-10(6-11)16-13(18)12-8-20-14(15)17-12/h3-6,8-9H,7H2,1-2H3,(H2,15,17)(H,16,18). The smallest absolute Gasteiger partial charge is 0.275 e. The SMILES string of the molecule is CC(C)COc1cccc(NC(=O)c2csc(N)n2)c1. The van der Waals surface area contributed by atoms with E-state index in [1.54, 1.807) is 17.5 Å². The Bertz CT molecular complexity index is 596. The van der Waals surface area contributed by atoms with Crippen LogP contribution in [-0.4, -0.2) is 17.5 Å². The minimum Gasteiger partial charge on any atom is -0.493 e. The van der Waals surface area contributed by atoms with Crippen LogP contribution in [0.2, 0.25) is 0 Å². The molecule has 0 bridgehead atoms. The highest BCUT2D eigenvalue weighted by Crippen LogP contribution is 2.19. The molecule has 0 saturated heterocycles. The predicted octanol–water partition coefficient (Wildman–Crippen LogP) is 3.01. The number of anilines is 2. The van der Waals surface area contributed by atoms with Gasteiger partial charge in [0, 0.05) is 17.1 Å². The minimum absolute atomic E-state index is 0.279. The molecule has 0 atom stereocenters. The number of benzene rings is 1. The minimum atomic E-state index is -0.279. The Morgan fingerprint density at radius 3 is 2.95 bits per heavy atom. The average Bonchev–Trinajstić information content (AvgIpc) is 2.84. The monoisotopic (exact) mass is 291 g/mol. The normalized spacial score (nSPS) is 10.6. The topological polar surface area (TPSA) is 77.2 Å². The number of ether oxygens (including phenoxy) is 1. The number of nitrogens with zero attached hydrogens (tertiary/aromatic N) is 1. The van der Waals surface area contributed by atoms with Gasteiger partial charge in [0.25, 0.3) is 5.91 Å². The van der Waals surface area contributed by atoms with Crippen LogP contribution in [-0.2, 0) is 0 Å². The first-order valence-electron chi connectivity index (χ1n) is 6.30. The number of amides is 1. The second-order valence-corrected chi connectivity index (χ2v) is 5.65. The van der Waals surface area contributed by atoms with Crippen LogP contribution in [0.25, 0.3) is 0 Å². The molecule has 20 heavy (non-hydrogen) atoms. The molecule has 2 aromatic rings. The molecular weight excluding hydrogens is 274 g/mol. The third-order valence-electron chi connectivity index (χ3n) is 2.43. The highest BCUT2D eigenvalue weighted by Gasteiger charge is 2.10. The number of hydrogen-bond donors (Lipinski definition) is 2. The molecule has 0 spiro atoms. The Hall–Kier alpha value is -2.08. The molecule has 1 aromatic carbocycles. The van der Waals surface area contributed by atoms with Gasteiger partial charge in [0.05, 0.1) is 6.61 Å². The molecule has 6 heteroatoms. The maximum Gasteiger partial charge on any atom is 0.275 e. The molecule has 106 valence electrons. The summed E-state index contributed by atoms with van der Waals surface area (Å²) < 4.78 is 5.61. The number of carbonyl (C=O) groups is 1. The molecule has 0 aliphatic heterocycles. The summed E-state index contributed by atoms with van der Waals surface area (Å²) in [4.78, 5) is 15.9. The molecule has 0 aliphatic carbocycles. The molecule has 0 aliphatic rings. The molecule has 1 heterocycles. The summed E-state index contributed by atoms with van der Waals surface area (Å²) in [5.74, 6) is 0.902. The third-order valence-corrected chi connectivity index (χ3v) is 3.10. The van der Waals surface area contributed by atoms with Gasteiger partial charge in [-0.2, -0.15) is 0 Å². The van der Waals surface area contributed by atoms with Gasteiger partial charge in [0.2, 0.25) is 0 Å². The van der Waals surface area contributed by atoms with Crippen molar-refractivity contribution in [1.29, 1.82) is 0 Å². The van der Waals surface area contributed by atoms with Crippen molar-refractivity contribution in [1.82, 2.24) is 4.98 Å². The van der Waals surface area contributed by atoms with Crippen LogP contribution in [0, 0.1) is 5.92 Å². The van der Waals surface area contributed by atoms with E-state index in [2.05, 4.69) is 24.1 Å².